The van der Waals surface area contributed by atoms with Crippen LogP contribution in [0.3, 0.4) is 0 Å². The highest BCUT2D eigenvalue weighted by atomic mass is 127. The fraction of sp³-hybridized carbons (Fsp3) is 0.222. The molecule has 1 rings (SSSR count). The summed E-state index contributed by atoms with van der Waals surface area (Å²) >= 11 is 1.86. The third-order valence-corrected chi connectivity index (χ3v) is 2.66. The van der Waals surface area contributed by atoms with Gasteiger partial charge in [0, 0.05) is 19.2 Å². The largest absolute Gasteiger partial charge is 0.397 e. The first kappa shape index (κ1) is 12.8. The van der Waals surface area contributed by atoms with Gasteiger partial charge in [-0.2, -0.15) is 0 Å². The van der Waals surface area contributed by atoms with Crippen LogP contribution in [-0.4, -0.2) is 19.1 Å². The molecule has 5 nitrogen and oxygen atoms in total. The lowest BCUT2D eigenvalue weighted by Gasteiger charge is -2.10. The van der Waals surface area contributed by atoms with Gasteiger partial charge in [-0.3, -0.25) is 0 Å². The number of urea groups is 1. The van der Waals surface area contributed by atoms with Crippen LogP contribution >= 0.6 is 22.6 Å². The molecule has 0 heterocycles. The summed E-state index contributed by atoms with van der Waals surface area (Å²) < 4.78 is 13.7. The Morgan fingerprint density at radius 2 is 2.12 bits per heavy atom. The summed E-state index contributed by atoms with van der Waals surface area (Å²) in [5.41, 5.74) is 11.5. The summed E-state index contributed by atoms with van der Waals surface area (Å²) in [6, 6.07) is 2.27. The SMILES string of the molecule is NC(=O)NCCNc1cc(F)c(I)cc1N. The number of halogens is 2. The van der Waals surface area contributed by atoms with Gasteiger partial charge in [0.15, 0.2) is 0 Å². The van der Waals surface area contributed by atoms with Gasteiger partial charge in [-0.05, 0) is 28.7 Å². The van der Waals surface area contributed by atoms with Gasteiger partial charge >= 0.3 is 6.03 Å². The number of nitrogen functional groups attached to an aromatic ring is 1. The quantitative estimate of drug-likeness (QED) is 0.376. The summed E-state index contributed by atoms with van der Waals surface area (Å²) in [4.78, 5) is 10.4. The lowest BCUT2D eigenvalue weighted by molar-refractivity contribution is 0.249. The Hall–Kier alpha value is -1.25. The number of primary amides is 1. The number of carbonyl (C=O) groups is 1. The number of hydrogen-bond acceptors (Lipinski definition) is 3. The van der Waals surface area contributed by atoms with Crippen molar-refractivity contribution in [3.63, 3.8) is 0 Å². The van der Waals surface area contributed by atoms with Crippen LogP contribution in [0.5, 0.6) is 0 Å². The molecule has 0 spiro atoms. The molecule has 0 fully saturated rings. The minimum absolute atomic E-state index is 0.333. The van der Waals surface area contributed by atoms with Crippen molar-refractivity contribution in [2.24, 2.45) is 5.73 Å². The molecule has 0 aliphatic carbocycles. The zero-order valence-electron chi connectivity index (χ0n) is 8.39. The van der Waals surface area contributed by atoms with Crippen LogP contribution in [0.1, 0.15) is 0 Å². The van der Waals surface area contributed by atoms with Gasteiger partial charge in [-0.1, -0.05) is 0 Å². The highest BCUT2D eigenvalue weighted by Crippen LogP contribution is 2.23. The Labute approximate surface area is 106 Å². The topological polar surface area (TPSA) is 93.2 Å². The van der Waals surface area contributed by atoms with E-state index in [-0.39, 0.29) is 5.82 Å². The van der Waals surface area contributed by atoms with Crippen molar-refractivity contribution < 1.29 is 9.18 Å². The van der Waals surface area contributed by atoms with Gasteiger partial charge in [-0.25, -0.2) is 9.18 Å². The Morgan fingerprint density at radius 1 is 1.44 bits per heavy atom. The van der Waals surface area contributed by atoms with Crippen LogP contribution in [0.4, 0.5) is 20.6 Å². The highest BCUT2D eigenvalue weighted by molar-refractivity contribution is 14.1. The molecule has 1 aromatic rings. The number of nitrogens with one attached hydrogen (secondary N) is 2. The molecule has 0 saturated carbocycles. The van der Waals surface area contributed by atoms with Crippen LogP contribution in [0, 0.1) is 9.39 Å². The van der Waals surface area contributed by atoms with Crippen molar-refractivity contribution in [3.8, 4) is 0 Å². The van der Waals surface area contributed by atoms with E-state index in [1.165, 1.54) is 6.07 Å². The third-order valence-electron chi connectivity index (χ3n) is 1.83. The van der Waals surface area contributed by atoms with Gasteiger partial charge in [0.25, 0.3) is 0 Å². The lowest BCUT2D eigenvalue weighted by Crippen LogP contribution is -2.33. The van der Waals surface area contributed by atoms with Gasteiger partial charge in [-0.15, -0.1) is 0 Å². The van der Waals surface area contributed by atoms with Crippen molar-refractivity contribution in [2.75, 3.05) is 24.1 Å². The normalized spacial score (nSPS) is 9.88. The van der Waals surface area contributed by atoms with Crippen LogP contribution in [0.15, 0.2) is 12.1 Å². The second-order valence-electron chi connectivity index (χ2n) is 3.07. The number of benzene rings is 1. The molecule has 0 aliphatic heterocycles. The fourth-order valence-corrected chi connectivity index (χ4v) is 1.59. The van der Waals surface area contributed by atoms with E-state index in [1.54, 1.807) is 6.07 Å². The predicted octanol–water partition coefficient (Wildman–Crippen LogP) is 1.09. The molecule has 0 bridgehead atoms. The molecule has 6 N–H and O–H groups in total. The molecule has 0 atom stereocenters. The Balaban J connectivity index is 2.54. The van der Waals surface area contributed by atoms with E-state index in [0.29, 0.717) is 28.0 Å². The summed E-state index contributed by atoms with van der Waals surface area (Å²) in [7, 11) is 0. The van der Waals surface area contributed by atoms with Crippen molar-refractivity contribution in [1.82, 2.24) is 5.32 Å². The van der Waals surface area contributed by atoms with Gasteiger partial charge in [0.1, 0.15) is 5.82 Å². The molecule has 0 radical (unpaired) electrons. The van der Waals surface area contributed by atoms with Gasteiger partial charge in [0.2, 0.25) is 0 Å². The maximum absolute atomic E-state index is 13.2. The zero-order chi connectivity index (χ0) is 12.1. The second-order valence-corrected chi connectivity index (χ2v) is 4.23. The number of nitrogens with two attached hydrogens (primary N) is 2. The maximum Gasteiger partial charge on any atom is 0.312 e. The van der Waals surface area contributed by atoms with E-state index < -0.39 is 6.03 Å². The van der Waals surface area contributed by atoms with Crippen molar-refractivity contribution in [2.45, 2.75) is 0 Å². The molecule has 88 valence electrons. The molecular formula is C9H12FIN4O. The van der Waals surface area contributed by atoms with Gasteiger partial charge in [0.05, 0.1) is 14.9 Å². The monoisotopic (exact) mass is 338 g/mol. The average Bonchev–Trinajstić information content (AvgIpc) is 2.19. The first-order valence-corrected chi connectivity index (χ1v) is 5.60. The average molecular weight is 338 g/mol. The van der Waals surface area contributed by atoms with E-state index in [1.807, 2.05) is 22.6 Å². The molecule has 0 aliphatic rings. The second kappa shape index (κ2) is 5.73. The molecule has 1 aromatic carbocycles. The van der Waals surface area contributed by atoms with Crippen molar-refractivity contribution >= 4 is 40.0 Å². The highest BCUT2D eigenvalue weighted by Gasteiger charge is 2.05. The Bertz CT molecular complexity index is 399. The lowest BCUT2D eigenvalue weighted by atomic mass is 10.2. The van der Waals surface area contributed by atoms with Crippen LogP contribution in [-0.2, 0) is 0 Å². The Kier molecular flexibility index (Phi) is 4.59. The zero-order valence-corrected chi connectivity index (χ0v) is 10.5. The number of rotatable bonds is 4. The fourth-order valence-electron chi connectivity index (χ4n) is 1.10. The molecule has 0 aromatic heterocycles. The standard InChI is InChI=1S/C9H12FIN4O/c10-5-3-8(7(12)4-6(5)11)14-1-2-15-9(13)16/h3-4,14H,1-2,12H2,(H3,13,15,16). The van der Waals surface area contributed by atoms with Crippen LogP contribution in [0.2, 0.25) is 0 Å². The van der Waals surface area contributed by atoms with E-state index in [4.69, 9.17) is 11.5 Å². The summed E-state index contributed by atoms with van der Waals surface area (Å²) in [6.45, 7) is 0.773. The summed E-state index contributed by atoms with van der Waals surface area (Å²) in [6.07, 6.45) is 0. The molecule has 7 heteroatoms. The van der Waals surface area contributed by atoms with Crippen LogP contribution in [0.25, 0.3) is 0 Å². The molecule has 2 amide bonds. The molecule has 0 unspecified atom stereocenters. The molecule has 0 saturated heterocycles. The summed E-state index contributed by atoms with van der Waals surface area (Å²) in [5, 5.41) is 5.30. The maximum atomic E-state index is 13.2. The molecule has 16 heavy (non-hydrogen) atoms. The third kappa shape index (κ3) is 3.72. The number of amides is 2. The predicted molar refractivity (Wildman–Crippen MR) is 69.6 cm³/mol. The van der Waals surface area contributed by atoms with Crippen LogP contribution < -0.4 is 22.1 Å². The van der Waals surface area contributed by atoms with E-state index in [0.717, 1.165) is 0 Å². The summed E-state index contributed by atoms with van der Waals surface area (Å²) in [5.74, 6) is -0.333. The van der Waals surface area contributed by atoms with E-state index >= 15 is 0 Å². The number of carbonyl (C=O) groups excluding carboxylic acids is 1. The smallest absolute Gasteiger partial charge is 0.312 e. The van der Waals surface area contributed by atoms with Crippen molar-refractivity contribution in [3.05, 3.63) is 21.5 Å². The Morgan fingerprint density at radius 3 is 2.75 bits per heavy atom. The van der Waals surface area contributed by atoms with Gasteiger partial charge < -0.3 is 22.1 Å². The van der Waals surface area contributed by atoms with Crippen molar-refractivity contribution in [1.29, 1.82) is 0 Å². The first-order chi connectivity index (χ1) is 7.50. The van der Waals surface area contributed by atoms with E-state index in [2.05, 4.69) is 10.6 Å². The number of anilines is 2. The first-order valence-electron chi connectivity index (χ1n) is 4.52. The minimum atomic E-state index is -0.594. The number of hydrogen-bond donors (Lipinski definition) is 4. The van der Waals surface area contributed by atoms with E-state index in [9.17, 15) is 9.18 Å². The minimum Gasteiger partial charge on any atom is -0.397 e. The molecular weight excluding hydrogens is 326 g/mol.